The number of benzene rings is 3. The first-order valence-electron chi connectivity index (χ1n) is 15.0. The molecule has 1 aliphatic heterocycles. The summed E-state index contributed by atoms with van der Waals surface area (Å²) in [5.74, 6) is -2.20. The molecule has 0 saturated carbocycles. The van der Waals surface area contributed by atoms with Crippen molar-refractivity contribution in [3.8, 4) is 5.75 Å². The van der Waals surface area contributed by atoms with Crippen LogP contribution in [0.1, 0.15) is 70.1 Å². The predicted octanol–water partition coefficient (Wildman–Crippen LogP) is 5.63. The highest BCUT2D eigenvalue weighted by Crippen LogP contribution is 2.50. The summed E-state index contributed by atoms with van der Waals surface area (Å²) in [6, 6.07) is 13.1. The molecule has 0 spiro atoms. The average molecular weight is 646 g/mol. The number of para-hydroxylation sites is 1. The summed E-state index contributed by atoms with van der Waals surface area (Å²) in [5.41, 5.74) is 2.15. The molecule has 0 fully saturated rings. The molecule has 1 heterocycles. The smallest absolute Gasteiger partial charge is 0.253 e. The number of hydrogen-bond donors (Lipinski definition) is 5. The van der Waals surface area contributed by atoms with E-state index >= 15 is 0 Å². The summed E-state index contributed by atoms with van der Waals surface area (Å²) >= 11 is 0. The van der Waals surface area contributed by atoms with Crippen molar-refractivity contribution in [2.45, 2.75) is 58.2 Å². The Morgan fingerprint density at radius 2 is 1.64 bits per heavy atom. The molecule has 2 amide bonds. The topological polar surface area (TPSA) is 131 Å². The Kier molecular flexibility index (Phi) is 11.6. The van der Waals surface area contributed by atoms with Gasteiger partial charge < -0.3 is 24.8 Å². The minimum Gasteiger partial charge on any atom is -0.403 e. The van der Waals surface area contributed by atoms with E-state index in [1.54, 1.807) is 48.2 Å². The summed E-state index contributed by atoms with van der Waals surface area (Å²) < 4.78 is 54.0. The molecule has 244 valence electrons. The highest BCUT2D eigenvalue weighted by molar-refractivity contribution is 8.20. The lowest BCUT2D eigenvalue weighted by molar-refractivity contribution is 0.0755. The molecular weight excluding hydrogens is 604 g/mol. The fourth-order valence-electron chi connectivity index (χ4n) is 5.50. The second-order valence-electron chi connectivity index (χ2n) is 11.4. The van der Waals surface area contributed by atoms with Gasteiger partial charge in [0.2, 0.25) is 0 Å². The van der Waals surface area contributed by atoms with Crippen molar-refractivity contribution in [1.82, 2.24) is 15.5 Å². The van der Waals surface area contributed by atoms with Crippen molar-refractivity contribution in [3.05, 3.63) is 100 Å². The largest absolute Gasteiger partial charge is 0.403 e. The maximum absolute atomic E-state index is 14.1. The fourth-order valence-corrected chi connectivity index (χ4v) is 6.73. The predicted molar refractivity (Wildman–Crippen MR) is 171 cm³/mol. The quantitative estimate of drug-likeness (QED) is 0.163. The zero-order chi connectivity index (χ0) is 32.7. The summed E-state index contributed by atoms with van der Waals surface area (Å²) in [7, 11) is -3.38. The van der Waals surface area contributed by atoms with Crippen molar-refractivity contribution < 1.29 is 36.8 Å². The van der Waals surface area contributed by atoms with E-state index in [2.05, 4.69) is 10.6 Å². The Balaban J connectivity index is 1.57. The first kappa shape index (κ1) is 34.3. The van der Waals surface area contributed by atoms with Crippen molar-refractivity contribution in [2.75, 3.05) is 25.4 Å². The van der Waals surface area contributed by atoms with Gasteiger partial charge in [-0.3, -0.25) is 18.7 Å². The molecule has 0 aliphatic carbocycles. The minimum atomic E-state index is -3.38. The number of carbonyl (C=O) groups excluding carboxylic acids is 2. The van der Waals surface area contributed by atoms with E-state index in [0.717, 1.165) is 31.0 Å². The van der Waals surface area contributed by atoms with E-state index in [-0.39, 0.29) is 35.8 Å². The first-order chi connectivity index (χ1) is 21.4. The Bertz CT molecular complexity index is 1480. The summed E-state index contributed by atoms with van der Waals surface area (Å²) in [6.45, 7) is 6.81. The van der Waals surface area contributed by atoms with Crippen LogP contribution in [0.25, 0.3) is 0 Å². The van der Waals surface area contributed by atoms with Crippen molar-refractivity contribution in [1.29, 1.82) is 0 Å². The number of nitrogens with zero attached hydrogens (tertiary/aromatic N) is 1. The lowest BCUT2D eigenvalue weighted by Crippen LogP contribution is -2.49. The van der Waals surface area contributed by atoms with Crippen molar-refractivity contribution in [2.24, 2.45) is 0 Å². The highest BCUT2D eigenvalue weighted by atomic mass is 32.3. The van der Waals surface area contributed by atoms with Crippen LogP contribution < -0.4 is 14.8 Å². The zero-order valence-electron chi connectivity index (χ0n) is 25.6. The number of fused-ring (bicyclic) bond motifs is 1. The van der Waals surface area contributed by atoms with Gasteiger partial charge in [-0.1, -0.05) is 32.0 Å². The summed E-state index contributed by atoms with van der Waals surface area (Å²) in [4.78, 5) is 28.6. The number of aliphatic hydroxyl groups excluding tert-OH is 1. The van der Waals surface area contributed by atoms with Crippen LogP contribution >= 0.6 is 10.9 Å². The van der Waals surface area contributed by atoms with Gasteiger partial charge in [-0.05, 0) is 73.7 Å². The molecule has 1 unspecified atom stereocenters. The van der Waals surface area contributed by atoms with Gasteiger partial charge in [-0.2, -0.15) is 0 Å². The van der Waals surface area contributed by atoms with Gasteiger partial charge >= 0.3 is 0 Å². The van der Waals surface area contributed by atoms with Crippen LogP contribution in [0.2, 0.25) is 0 Å². The molecule has 4 rings (SSSR count). The van der Waals surface area contributed by atoms with Gasteiger partial charge in [0, 0.05) is 42.4 Å². The van der Waals surface area contributed by atoms with Crippen molar-refractivity contribution >= 4 is 22.7 Å². The molecule has 3 aromatic rings. The number of halogens is 2. The number of aliphatic hydroxyl groups is 1. The van der Waals surface area contributed by atoms with Crippen LogP contribution in [0.3, 0.4) is 0 Å². The van der Waals surface area contributed by atoms with Gasteiger partial charge in [0.25, 0.3) is 11.8 Å². The normalized spacial score (nSPS) is 17.4. The third-order valence-electron chi connectivity index (χ3n) is 7.49. The maximum atomic E-state index is 14.1. The van der Waals surface area contributed by atoms with E-state index in [1.807, 2.05) is 13.8 Å². The van der Waals surface area contributed by atoms with Crippen LogP contribution in [-0.4, -0.2) is 68.5 Å². The molecule has 0 bridgehead atoms. The Hall–Kier alpha value is -3.55. The fraction of sp³-hybridized carbons (Fsp3) is 0.394. The number of nitrogens with one attached hydrogen (secondary N) is 2. The van der Waals surface area contributed by atoms with Crippen LogP contribution in [-0.2, 0) is 6.42 Å². The molecule has 0 aromatic heterocycles. The van der Waals surface area contributed by atoms with Gasteiger partial charge in [0.1, 0.15) is 28.3 Å². The van der Waals surface area contributed by atoms with E-state index in [4.69, 9.17) is 4.18 Å². The third kappa shape index (κ3) is 9.24. The van der Waals surface area contributed by atoms with Crippen molar-refractivity contribution in [3.63, 3.8) is 0 Å². The van der Waals surface area contributed by atoms with E-state index < -0.39 is 46.6 Å². The third-order valence-corrected chi connectivity index (χ3v) is 8.71. The molecule has 45 heavy (non-hydrogen) atoms. The Morgan fingerprint density at radius 3 is 2.31 bits per heavy atom. The van der Waals surface area contributed by atoms with E-state index in [0.29, 0.717) is 35.5 Å². The molecule has 12 heteroatoms. The van der Waals surface area contributed by atoms with Crippen LogP contribution in [0.4, 0.5) is 8.78 Å². The number of aryl methyl sites for hydroxylation is 1. The van der Waals surface area contributed by atoms with Gasteiger partial charge in [0.05, 0.1) is 23.9 Å². The maximum Gasteiger partial charge on any atom is 0.253 e. The number of carbonyl (C=O) groups is 2. The Morgan fingerprint density at radius 1 is 1.00 bits per heavy atom. The van der Waals surface area contributed by atoms with Gasteiger partial charge in [-0.15, -0.1) is 0 Å². The average Bonchev–Trinajstić information content (AvgIpc) is 2.97. The second kappa shape index (κ2) is 15.2. The van der Waals surface area contributed by atoms with E-state index in [9.17, 15) is 32.6 Å². The number of rotatable bonds is 13. The Labute approximate surface area is 264 Å². The van der Waals surface area contributed by atoms with Gasteiger partial charge in [0.15, 0.2) is 0 Å². The molecule has 0 radical (unpaired) electrons. The SMILES string of the molecule is CCCN(CCC)C(=O)c1cc(C)cc(C(=O)N[C@@H](Cc2cc(F)cc(F)c2)[C@H](O)CNC2CS(O)(O)Oc3ccccc32)c1. The summed E-state index contributed by atoms with van der Waals surface area (Å²) in [5, 5.41) is 17.3. The lowest BCUT2D eigenvalue weighted by atomic mass is 9.98. The van der Waals surface area contributed by atoms with Crippen LogP contribution in [0.5, 0.6) is 5.75 Å². The molecule has 0 saturated heterocycles. The molecule has 1 aliphatic rings. The molecule has 3 aromatic carbocycles. The number of hydrogen-bond acceptors (Lipinski definition) is 7. The highest BCUT2D eigenvalue weighted by Gasteiger charge is 2.35. The van der Waals surface area contributed by atoms with Crippen LogP contribution in [0.15, 0.2) is 60.7 Å². The molecule has 9 nitrogen and oxygen atoms in total. The monoisotopic (exact) mass is 645 g/mol. The number of amides is 2. The zero-order valence-corrected chi connectivity index (χ0v) is 26.4. The molecule has 5 N–H and O–H groups in total. The first-order valence-corrected chi connectivity index (χ1v) is 16.7. The minimum absolute atomic E-state index is 0.110. The van der Waals surface area contributed by atoms with Crippen LogP contribution in [0, 0.1) is 18.6 Å². The summed E-state index contributed by atoms with van der Waals surface area (Å²) in [6.07, 6.45) is 0.198. The van der Waals surface area contributed by atoms with Gasteiger partial charge in [-0.25, -0.2) is 8.78 Å². The second-order valence-corrected chi connectivity index (χ2v) is 13.1. The molecule has 3 atom stereocenters. The standard InChI is InChI=1S/C33H41F2N3O6S/c1-4-10-38(11-5-2)33(41)24-13-21(3)12-23(17-24)32(40)37-28(16-22-14-25(34)18-26(35)15-22)30(39)19-36-29-20-45(42,43)44-31-9-7-6-8-27(29)31/h6-9,12-15,17-18,28-30,36,39,42-43H,4-5,10-11,16,19-20H2,1-3H3,(H,37,40)/t28-,29?,30+/m0/s1. The van der Waals surface area contributed by atoms with E-state index in [1.165, 1.54) is 6.07 Å². The lowest BCUT2D eigenvalue weighted by Gasteiger charge is -2.38. The molecular formula is C33H41F2N3O6S.